The van der Waals surface area contributed by atoms with Gasteiger partial charge in [0, 0.05) is 44.3 Å². The Bertz CT molecular complexity index is 555. The highest BCUT2D eigenvalue weighted by Crippen LogP contribution is 2.28. The third-order valence-corrected chi connectivity index (χ3v) is 3.93. The van der Waals surface area contributed by atoms with Gasteiger partial charge in [0.1, 0.15) is 0 Å². The minimum atomic E-state index is 0.517. The SMILES string of the molecule is Cn1cc(CC2CNCCN2)c2cccc(Cl)c21. The zero-order valence-corrected chi connectivity index (χ0v) is 11.3. The van der Waals surface area contributed by atoms with E-state index in [0.29, 0.717) is 6.04 Å². The summed E-state index contributed by atoms with van der Waals surface area (Å²) in [5, 5.41) is 9.08. The van der Waals surface area contributed by atoms with E-state index in [9.17, 15) is 0 Å². The van der Waals surface area contributed by atoms with Crippen LogP contribution in [-0.2, 0) is 13.5 Å². The fourth-order valence-corrected chi connectivity index (χ4v) is 3.09. The van der Waals surface area contributed by atoms with Gasteiger partial charge >= 0.3 is 0 Å². The molecule has 0 bridgehead atoms. The molecule has 96 valence electrons. The molecular formula is C14H18ClN3. The van der Waals surface area contributed by atoms with Crippen molar-refractivity contribution in [2.75, 3.05) is 19.6 Å². The lowest BCUT2D eigenvalue weighted by Crippen LogP contribution is -2.49. The Labute approximate surface area is 112 Å². The zero-order valence-electron chi connectivity index (χ0n) is 10.5. The molecule has 1 aromatic carbocycles. The Morgan fingerprint density at radius 3 is 3.06 bits per heavy atom. The molecule has 1 aliphatic rings. The molecule has 0 radical (unpaired) electrons. The molecule has 2 aromatic rings. The van der Waals surface area contributed by atoms with E-state index in [1.807, 2.05) is 12.1 Å². The van der Waals surface area contributed by atoms with Crippen LogP contribution >= 0.6 is 11.6 Å². The second-order valence-corrected chi connectivity index (χ2v) is 5.37. The zero-order chi connectivity index (χ0) is 12.5. The number of rotatable bonds is 2. The Balaban J connectivity index is 1.94. The van der Waals surface area contributed by atoms with Gasteiger partial charge in [-0.25, -0.2) is 0 Å². The van der Waals surface area contributed by atoms with Crippen LogP contribution in [0.5, 0.6) is 0 Å². The van der Waals surface area contributed by atoms with Gasteiger partial charge in [0.25, 0.3) is 0 Å². The molecule has 3 rings (SSSR count). The third kappa shape index (κ3) is 2.14. The quantitative estimate of drug-likeness (QED) is 0.867. The van der Waals surface area contributed by atoms with E-state index in [2.05, 4.69) is 34.5 Å². The lowest BCUT2D eigenvalue weighted by Gasteiger charge is -2.24. The van der Waals surface area contributed by atoms with Gasteiger partial charge in [0.2, 0.25) is 0 Å². The summed E-state index contributed by atoms with van der Waals surface area (Å²) in [4.78, 5) is 0. The summed E-state index contributed by atoms with van der Waals surface area (Å²) in [6, 6.07) is 6.66. The molecule has 18 heavy (non-hydrogen) atoms. The van der Waals surface area contributed by atoms with Crippen LogP contribution in [0.15, 0.2) is 24.4 Å². The van der Waals surface area contributed by atoms with E-state index in [0.717, 1.165) is 36.6 Å². The fourth-order valence-electron chi connectivity index (χ4n) is 2.79. The van der Waals surface area contributed by atoms with Crippen LogP contribution in [0.4, 0.5) is 0 Å². The van der Waals surface area contributed by atoms with E-state index in [4.69, 9.17) is 11.6 Å². The van der Waals surface area contributed by atoms with Gasteiger partial charge in [-0.3, -0.25) is 0 Å². The average molecular weight is 264 g/mol. The summed E-state index contributed by atoms with van der Waals surface area (Å²) in [5.41, 5.74) is 2.51. The molecule has 1 atom stereocenters. The minimum absolute atomic E-state index is 0.517. The number of halogens is 1. The maximum absolute atomic E-state index is 6.27. The summed E-state index contributed by atoms with van der Waals surface area (Å²) in [6.07, 6.45) is 3.25. The molecular weight excluding hydrogens is 246 g/mol. The number of nitrogens with zero attached hydrogens (tertiary/aromatic N) is 1. The van der Waals surface area contributed by atoms with E-state index in [1.165, 1.54) is 10.9 Å². The van der Waals surface area contributed by atoms with Gasteiger partial charge in [-0.05, 0) is 18.1 Å². The molecule has 3 nitrogen and oxygen atoms in total. The van der Waals surface area contributed by atoms with E-state index >= 15 is 0 Å². The highest BCUT2D eigenvalue weighted by atomic mass is 35.5. The molecule has 0 saturated carbocycles. The average Bonchev–Trinajstić information content (AvgIpc) is 2.69. The molecule has 1 saturated heterocycles. The molecule has 2 heterocycles. The number of benzene rings is 1. The number of aryl methyl sites for hydroxylation is 1. The van der Waals surface area contributed by atoms with Crippen molar-refractivity contribution in [3.8, 4) is 0 Å². The van der Waals surface area contributed by atoms with E-state index in [1.54, 1.807) is 0 Å². The van der Waals surface area contributed by atoms with Crippen molar-refractivity contribution in [1.82, 2.24) is 15.2 Å². The second kappa shape index (κ2) is 4.92. The summed E-state index contributed by atoms with van der Waals surface area (Å²) in [5.74, 6) is 0. The fraction of sp³-hybridized carbons (Fsp3) is 0.429. The van der Waals surface area contributed by atoms with Gasteiger partial charge in [0.15, 0.2) is 0 Å². The van der Waals surface area contributed by atoms with Crippen LogP contribution < -0.4 is 10.6 Å². The standard InChI is InChI=1S/C14H18ClN3/c1-18-9-10(7-11-8-16-5-6-17-11)12-3-2-4-13(15)14(12)18/h2-4,9,11,16-17H,5-8H2,1H3. The number of nitrogens with one attached hydrogen (secondary N) is 2. The molecule has 4 heteroatoms. The van der Waals surface area contributed by atoms with Gasteiger partial charge in [-0.1, -0.05) is 23.7 Å². The monoisotopic (exact) mass is 263 g/mol. The Kier molecular flexibility index (Phi) is 3.29. The molecule has 1 fully saturated rings. The minimum Gasteiger partial charge on any atom is -0.349 e. The predicted octanol–water partition coefficient (Wildman–Crippen LogP) is 1.94. The second-order valence-electron chi connectivity index (χ2n) is 4.96. The number of hydrogen-bond acceptors (Lipinski definition) is 2. The van der Waals surface area contributed by atoms with Crippen molar-refractivity contribution < 1.29 is 0 Å². The van der Waals surface area contributed by atoms with Gasteiger partial charge in [0.05, 0.1) is 10.5 Å². The van der Waals surface area contributed by atoms with Crippen molar-refractivity contribution >= 4 is 22.5 Å². The van der Waals surface area contributed by atoms with Crippen molar-refractivity contribution in [3.63, 3.8) is 0 Å². The lowest BCUT2D eigenvalue weighted by molar-refractivity contribution is 0.417. The van der Waals surface area contributed by atoms with Gasteiger partial charge in [-0.15, -0.1) is 0 Å². The molecule has 2 N–H and O–H groups in total. The number of para-hydroxylation sites is 1. The number of piperazine rings is 1. The first kappa shape index (κ1) is 12.0. The van der Waals surface area contributed by atoms with Crippen LogP contribution in [0.3, 0.4) is 0 Å². The third-order valence-electron chi connectivity index (χ3n) is 3.63. The first-order valence-electron chi connectivity index (χ1n) is 6.42. The maximum atomic E-state index is 6.27. The highest BCUT2D eigenvalue weighted by molar-refractivity contribution is 6.35. The van der Waals surface area contributed by atoms with Gasteiger partial charge < -0.3 is 15.2 Å². The van der Waals surface area contributed by atoms with Gasteiger partial charge in [-0.2, -0.15) is 0 Å². The Morgan fingerprint density at radius 1 is 1.39 bits per heavy atom. The number of hydrogen-bond donors (Lipinski definition) is 2. The highest BCUT2D eigenvalue weighted by Gasteiger charge is 2.16. The van der Waals surface area contributed by atoms with E-state index in [-0.39, 0.29) is 0 Å². The van der Waals surface area contributed by atoms with Crippen molar-refractivity contribution in [1.29, 1.82) is 0 Å². The van der Waals surface area contributed by atoms with E-state index < -0.39 is 0 Å². The first-order chi connectivity index (χ1) is 8.75. The maximum Gasteiger partial charge on any atom is 0.0669 e. The first-order valence-corrected chi connectivity index (χ1v) is 6.80. The van der Waals surface area contributed by atoms with Crippen LogP contribution in [0.2, 0.25) is 5.02 Å². The molecule has 1 unspecified atom stereocenters. The van der Waals surface area contributed by atoms with Crippen molar-refractivity contribution in [2.45, 2.75) is 12.5 Å². The summed E-state index contributed by atoms with van der Waals surface area (Å²) < 4.78 is 2.13. The Morgan fingerprint density at radius 2 is 2.28 bits per heavy atom. The topological polar surface area (TPSA) is 29.0 Å². The van der Waals surface area contributed by atoms with Crippen LogP contribution in [0, 0.1) is 0 Å². The molecule has 0 spiro atoms. The van der Waals surface area contributed by atoms with Crippen LogP contribution in [0.25, 0.3) is 10.9 Å². The number of aromatic nitrogens is 1. The Hall–Kier alpha value is -1.03. The lowest BCUT2D eigenvalue weighted by atomic mass is 10.0. The van der Waals surface area contributed by atoms with Crippen LogP contribution in [0.1, 0.15) is 5.56 Å². The van der Waals surface area contributed by atoms with Crippen LogP contribution in [-0.4, -0.2) is 30.2 Å². The predicted molar refractivity (Wildman–Crippen MR) is 76.3 cm³/mol. The molecule has 1 aromatic heterocycles. The molecule has 1 aliphatic heterocycles. The largest absolute Gasteiger partial charge is 0.349 e. The molecule has 0 amide bonds. The normalized spacial score (nSPS) is 20.4. The molecule has 0 aliphatic carbocycles. The van der Waals surface area contributed by atoms with Crippen molar-refractivity contribution in [2.24, 2.45) is 7.05 Å². The summed E-state index contributed by atoms with van der Waals surface area (Å²) >= 11 is 6.27. The number of fused-ring (bicyclic) bond motifs is 1. The summed E-state index contributed by atoms with van der Waals surface area (Å²) in [7, 11) is 2.06. The smallest absolute Gasteiger partial charge is 0.0669 e. The van der Waals surface area contributed by atoms with Crippen molar-refractivity contribution in [3.05, 3.63) is 35.0 Å². The summed E-state index contributed by atoms with van der Waals surface area (Å²) in [6.45, 7) is 3.16.